The highest BCUT2D eigenvalue weighted by Gasteiger charge is 2.19. The molecule has 0 aliphatic heterocycles. The highest BCUT2D eigenvalue weighted by atomic mass is 16.5. The van der Waals surface area contributed by atoms with Crippen molar-refractivity contribution in [2.24, 2.45) is 0 Å². The first-order chi connectivity index (χ1) is 12.5. The molecular formula is C19H26N4O3. The average molecular weight is 358 g/mol. The molecule has 2 rings (SSSR count). The van der Waals surface area contributed by atoms with Crippen molar-refractivity contribution in [3.8, 4) is 5.75 Å². The summed E-state index contributed by atoms with van der Waals surface area (Å²) in [6, 6.07) is 11.0. The van der Waals surface area contributed by atoms with E-state index in [9.17, 15) is 9.90 Å². The van der Waals surface area contributed by atoms with Crippen molar-refractivity contribution in [3.05, 3.63) is 47.5 Å². The Balaban J connectivity index is 2.26. The van der Waals surface area contributed by atoms with Crippen molar-refractivity contribution >= 4 is 23.0 Å². The predicted octanol–water partition coefficient (Wildman–Crippen LogP) is 2.17. The molecule has 1 amide bonds. The number of hydrogen-bond acceptors (Lipinski definition) is 6. The minimum absolute atomic E-state index is 0.232. The molecule has 2 aromatic carbocycles. The van der Waals surface area contributed by atoms with E-state index >= 15 is 0 Å². The SMILES string of the molecule is CNC(=O)C(O)c1ccccc1COc1cc(NC)c(NC)c(NC)c1. The number of nitrogens with one attached hydrogen (secondary N) is 4. The minimum Gasteiger partial charge on any atom is -0.489 e. The molecule has 0 aliphatic rings. The number of ether oxygens (including phenoxy) is 1. The number of anilines is 3. The van der Waals surface area contributed by atoms with Gasteiger partial charge in [0.2, 0.25) is 0 Å². The lowest BCUT2D eigenvalue weighted by Crippen LogP contribution is -2.26. The van der Waals surface area contributed by atoms with Gasteiger partial charge >= 0.3 is 0 Å². The Morgan fingerprint density at radius 1 is 1.04 bits per heavy atom. The maximum atomic E-state index is 11.8. The Labute approximate surface area is 153 Å². The number of likely N-dealkylation sites (N-methyl/N-ethyl adjacent to an activating group) is 1. The van der Waals surface area contributed by atoms with Crippen LogP contribution in [0.4, 0.5) is 17.1 Å². The Morgan fingerprint density at radius 2 is 1.65 bits per heavy atom. The number of amides is 1. The topological polar surface area (TPSA) is 94.7 Å². The summed E-state index contributed by atoms with van der Waals surface area (Å²) in [5.41, 5.74) is 4.01. The van der Waals surface area contributed by atoms with E-state index < -0.39 is 12.0 Å². The van der Waals surface area contributed by atoms with Crippen LogP contribution in [0.3, 0.4) is 0 Å². The van der Waals surface area contributed by atoms with Crippen LogP contribution in [0.1, 0.15) is 17.2 Å². The van der Waals surface area contributed by atoms with Gasteiger partial charge in [0.05, 0.1) is 17.1 Å². The van der Waals surface area contributed by atoms with Gasteiger partial charge < -0.3 is 31.1 Å². The number of carbonyl (C=O) groups is 1. The van der Waals surface area contributed by atoms with E-state index in [4.69, 9.17) is 4.74 Å². The molecule has 0 fully saturated rings. The monoisotopic (exact) mass is 358 g/mol. The van der Waals surface area contributed by atoms with Crippen LogP contribution < -0.4 is 26.0 Å². The van der Waals surface area contributed by atoms with Gasteiger partial charge in [-0.3, -0.25) is 4.79 Å². The average Bonchev–Trinajstić information content (AvgIpc) is 2.70. The maximum Gasteiger partial charge on any atom is 0.253 e. The molecule has 1 atom stereocenters. The Bertz CT molecular complexity index is 739. The molecule has 140 valence electrons. The zero-order chi connectivity index (χ0) is 19.1. The molecule has 0 aliphatic carbocycles. The van der Waals surface area contributed by atoms with Gasteiger partial charge in [-0.05, 0) is 11.1 Å². The fraction of sp³-hybridized carbons (Fsp3) is 0.316. The summed E-state index contributed by atoms with van der Waals surface area (Å²) in [5.74, 6) is 0.215. The highest BCUT2D eigenvalue weighted by molar-refractivity contribution is 5.84. The smallest absolute Gasteiger partial charge is 0.253 e. The molecule has 5 N–H and O–H groups in total. The first kappa shape index (κ1) is 19.4. The Kier molecular flexibility index (Phi) is 6.68. The zero-order valence-electron chi connectivity index (χ0n) is 15.5. The molecule has 2 aromatic rings. The van der Waals surface area contributed by atoms with Gasteiger partial charge in [-0.2, -0.15) is 0 Å². The van der Waals surface area contributed by atoms with Crippen molar-refractivity contribution in [2.75, 3.05) is 44.1 Å². The van der Waals surface area contributed by atoms with E-state index in [0.29, 0.717) is 11.3 Å². The number of rotatable bonds is 8. The number of carbonyl (C=O) groups excluding carboxylic acids is 1. The molecule has 7 heteroatoms. The number of benzene rings is 2. The molecule has 0 saturated heterocycles. The molecule has 0 radical (unpaired) electrons. The van der Waals surface area contributed by atoms with Crippen LogP contribution in [-0.4, -0.2) is 39.2 Å². The fourth-order valence-electron chi connectivity index (χ4n) is 2.73. The molecule has 1 unspecified atom stereocenters. The lowest BCUT2D eigenvalue weighted by atomic mass is 10.0. The van der Waals surface area contributed by atoms with Crippen LogP contribution in [0.15, 0.2) is 36.4 Å². The van der Waals surface area contributed by atoms with Crippen LogP contribution in [0.25, 0.3) is 0 Å². The van der Waals surface area contributed by atoms with E-state index in [0.717, 1.165) is 22.6 Å². The predicted molar refractivity (Wildman–Crippen MR) is 105 cm³/mol. The molecule has 0 aromatic heterocycles. The third kappa shape index (κ3) is 4.18. The minimum atomic E-state index is -1.23. The van der Waals surface area contributed by atoms with Crippen molar-refractivity contribution in [2.45, 2.75) is 12.7 Å². The number of aliphatic hydroxyl groups is 1. The quantitative estimate of drug-likeness (QED) is 0.496. The zero-order valence-corrected chi connectivity index (χ0v) is 15.5. The molecular weight excluding hydrogens is 332 g/mol. The molecule has 0 heterocycles. The molecule has 0 spiro atoms. The van der Waals surface area contributed by atoms with Gasteiger partial charge in [-0.1, -0.05) is 24.3 Å². The van der Waals surface area contributed by atoms with Gasteiger partial charge in [0, 0.05) is 40.3 Å². The number of aliphatic hydroxyl groups excluding tert-OH is 1. The summed E-state index contributed by atoms with van der Waals surface area (Å²) in [4.78, 5) is 11.8. The molecule has 7 nitrogen and oxygen atoms in total. The molecule has 26 heavy (non-hydrogen) atoms. The second-order valence-corrected chi connectivity index (χ2v) is 5.65. The van der Waals surface area contributed by atoms with E-state index in [1.54, 1.807) is 12.1 Å². The first-order valence-electron chi connectivity index (χ1n) is 8.37. The summed E-state index contributed by atoms with van der Waals surface area (Å²) in [5, 5.41) is 22.1. The lowest BCUT2D eigenvalue weighted by Gasteiger charge is -2.18. The maximum absolute atomic E-state index is 11.8. The normalized spacial score (nSPS) is 11.4. The number of hydrogen-bond donors (Lipinski definition) is 5. The van der Waals surface area contributed by atoms with Crippen molar-refractivity contribution in [1.29, 1.82) is 0 Å². The van der Waals surface area contributed by atoms with Crippen molar-refractivity contribution < 1.29 is 14.6 Å². The Hall–Kier alpha value is -2.93. The second kappa shape index (κ2) is 8.96. The third-order valence-corrected chi connectivity index (χ3v) is 4.14. The lowest BCUT2D eigenvalue weighted by molar-refractivity contribution is -0.129. The summed E-state index contributed by atoms with van der Waals surface area (Å²) in [7, 11) is 7.03. The third-order valence-electron chi connectivity index (χ3n) is 4.14. The van der Waals surface area contributed by atoms with Gasteiger partial charge in [-0.25, -0.2) is 0 Å². The van der Waals surface area contributed by atoms with Gasteiger partial charge in [0.1, 0.15) is 12.4 Å². The van der Waals surface area contributed by atoms with Crippen LogP contribution in [0, 0.1) is 0 Å². The first-order valence-corrected chi connectivity index (χ1v) is 8.37. The summed E-state index contributed by atoms with van der Waals surface area (Å²) in [6.07, 6.45) is -1.23. The van der Waals surface area contributed by atoms with E-state index in [1.165, 1.54) is 7.05 Å². The summed E-state index contributed by atoms with van der Waals surface area (Å²) < 4.78 is 5.93. The second-order valence-electron chi connectivity index (χ2n) is 5.65. The fourth-order valence-corrected chi connectivity index (χ4v) is 2.73. The van der Waals surface area contributed by atoms with E-state index in [2.05, 4.69) is 21.3 Å². The van der Waals surface area contributed by atoms with Gasteiger partial charge in [0.15, 0.2) is 6.10 Å². The summed E-state index contributed by atoms with van der Waals surface area (Å²) in [6.45, 7) is 0.232. The van der Waals surface area contributed by atoms with Crippen molar-refractivity contribution in [1.82, 2.24) is 5.32 Å². The largest absolute Gasteiger partial charge is 0.489 e. The van der Waals surface area contributed by atoms with Crippen LogP contribution in [-0.2, 0) is 11.4 Å². The van der Waals surface area contributed by atoms with Crippen LogP contribution in [0.2, 0.25) is 0 Å². The van der Waals surface area contributed by atoms with Crippen molar-refractivity contribution in [3.63, 3.8) is 0 Å². The molecule has 0 saturated carbocycles. The van der Waals surface area contributed by atoms with E-state index in [-0.39, 0.29) is 6.61 Å². The van der Waals surface area contributed by atoms with Crippen LogP contribution in [0.5, 0.6) is 5.75 Å². The highest BCUT2D eigenvalue weighted by Crippen LogP contribution is 2.35. The van der Waals surface area contributed by atoms with Gasteiger partial charge in [-0.15, -0.1) is 0 Å². The standard InChI is InChI=1S/C19H26N4O3/c1-20-15-9-13(10-16(21-2)17(15)22-3)26-11-12-7-5-6-8-14(12)18(24)19(25)23-4/h5-10,18,20-22,24H,11H2,1-4H3,(H,23,25). The Morgan fingerprint density at radius 3 is 2.19 bits per heavy atom. The molecule has 0 bridgehead atoms. The van der Waals surface area contributed by atoms with E-state index in [1.807, 2.05) is 45.4 Å². The van der Waals surface area contributed by atoms with Crippen LogP contribution >= 0.6 is 0 Å². The van der Waals surface area contributed by atoms with Gasteiger partial charge in [0.25, 0.3) is 5.91 Å². The summed E-state index contributed by atoms with van der Waals surface area (Å²) >= 11 is 0.